The van der Waals surface area contributed by atoms with Crippen molar-refractivity contribution >= 4 is 5.78 Å². The van der Waals surface area contributed by atoms with Crippen molar-refractivity contribution in [2.24, 2.45) is 0 Å². The fourth-order valence-electron chi connectivity index (χ4n) is 2.78. The van der Waals surface area contributed by atoms with Gasteiger partial charge in [0, 0.05) is 11.1 Å². The fourth-order valence-corrected chi connectivity index (χ4v) is 2.78. The van der Waals surface area contributed by atoms with Gasteiger partial charge in [-0.3, -0.25) is 4.79 Å². The van der Waals surface area contributed by atoms with Crippen LogP contribution in [0.25, 0.3) is 0 Å². The Bertz CT molecular complexity index is 827. The van der Waals surface area contributed by atoms with E-state index in [2.05, 4.69) is 37.3 Å². The van der Waals surface area contributed by atoms with Gasteiger partial charge in [-0.05, 0) is 43.9 Å². The van der Waals surface area contributed by atoms with E-state index in [0.717, 1.165) is 24.0 Å². The number of carbonyl (C=O) groups is 1. The third-order valence-electron chi connectivity index (χ3n) is 4.33. The average molecular weight is 314 g/mol. The lowest BCUT2D eigenvalue weighted by atomic mass is 9.98. The molecule has 0 aromatic heterocycles. The van der Waals surface area contributed by atoms with Crippen LogP contribution in [0.3, 0.4) is 0 Å². The number of carbonyl (C=O) groups excluding carboxylic acids is 1. The molecule has 0 atom stereocenters. The second kappa shape index (κ2) is 7.27. The normalized spacial score (nSPS) is 10.6. The molecular weight excluding hydrogens is 292 g/mol. The van der Waals surface area contributed by atoms with Crippen LogP contribution in [0.15, 0.2) is 72.8 Å². The first-order valence-corrected chi connectivity index (χ1v) is 8.38. The van der Waals surface area contributed by atoms with Crippen molar-refractivity contribution < 1.29 is 4.79 Å². The van der Waals surface area contributed by atoms with Crippen LogP contribution in [0.2, 0.25) is 0 Å². The molecule has 0 aliphatic rings. The first-order valence-electron chi connectivity index (χ1n) is 8.38. The summed E-state index contributed by atoms with van der Waals surface area (Å²) >= 11 is 0. The number of benzene rings is 3. The molecule has 0 heterocycles. The highest BCUT2D eigenvalue weighted by atomic mass is 16.1. The number of hydrogen-bond acceptors (Lipinski definition) is 1. The highest BCUT2D eigenvalue weighted by molar-refractivity contribution is 6.09. The summed E-state index contributed by atoms with van der Waals surface area (Å²) in [5, 5.41) is 0. The number of rotatable bonds is 5. The van der Waals surface area contributed by atoms with Gasteiger partial charge in [-0.15, -0.1) is 0 Å². The molecule has 3 aromatic rings. The maximum absolute atomic E-state index is 12.6. The summed E-state index contributed by atoms with van der Waals surface area (Å²) in [5.74, 6) is 0.0900. The molecule has 0 N–H and O–H groups in total. The van der Waals surface area contributed by atoms with Crippen molar-refractivity contribution in [3.05, 3.63) is 106 Å². The molecule has 0 fully saturated rings. The standard InChI is InChI=1S/C23H22O/c1-17-6-10-19(11-7-17)12-13-20-4-3-5-22(16-20)23(24)21-14-8-18(2)9-15-21/h3-11,14-16H,12-13H2,1-2H3. The molecule has 0 aliphatic carbocycles. The fraction of sp³-hybridized carbons (Fsp3) is 0.174. The van der Waals surface area contributed by atoms with Crippen LogP contribution in [-0.4, -0.2) is 5.78 Å². The molecule has 0 saturated heterocycles. The highest BCUT2D eigenvalue weighted by Crippen LogP contribution is 2.15. The minimum Gasteiger partial charge on any atom is -0.289 e. The van der Waals surface area contributed by atoms with Crippen molar-refractivity contribution in [3.63, 3.8) is 0 Å². The first-order chi connectivity index (χ1) is 11.6. The van der Waals surface area contributed by atoms with E-state index in [1.807, 2.05) is 49.4 Å². The van der Waals surface area contributed by atoms with Gasteiger partial charge in [-0.25, -0.2) is 0 Å². The van der Waals surface area contributed by atoms with E-state index in [0.29, 0.717) is 0 Å². The molecule has 1 heteroatoms. The van der Waals surface area contributed by atoms with Gasteiger partial charge in [0.05, 0.1) is 0 Å². The average Bonchev–Trinajstić information content (AvgIpc) is 2.61. The Balaban J connectivity index is 1.72. The largest absolute Gasteiger partial charge is 0.289 e. The Morgan fingerprint density at radius 3 is 1.92 bits per heavy atom. The molecule has 0 radical (unpaired) electrons. The maximum Gasteiger partial charge on any atom is 0.193 e. The van der Waals surface area contributed by atoms with Crippen LogP contribution in [-0.2, 0) is 12.8 Å². The van der Waals surface area contributed by atoms with Gasteiger partial charge in [-0.1, -0.05) is 77.9 Å². The zero-order chi connectivity index (χ0) is 16.9. The summed E-state index contributed by atoms with van der Waals surface area (Å²) in [6, 6.07) is 24.4. The lowest BCUT2D eigenvalue weighted by Gasteiger charge is -2.06. The maximum atomic E-state index is 12.6. The third-order valence-corrected chi connectivity index (χ3v) is 4.33. The predicted octanol–water partition coefficient (Wildman–Crippen LogP) is 5.32. The topological polar surface area (TPSA) is 17.1 Å². The van der Waals surface area contributed by atoms with Gasteiger partial charge in [0.1, 0.15) is 0 Å². The predicted molar refractivity (Wildman–Crippen MR) is 99.6 cm³/mol. The van der Waals surface area contributed by atoms with Gasteiger partial charge in [-0.2, -0.15) is 0 Å². The summed E-state index contributed by atoms with van der Waals surface area (Å²) in [6.07, 6.45) is 1.93. The van der Waals surface area contributed by atoms with Crippen molar-refractivity contribution in [1.29, 1.82) is 0 Å². The molecule has 0 amide bonds. The number of aryl methyl sites for hydroxylation is 4. The molecule has 120 valence electrons. The minimum atomic E-state index is 0.0900. The molecule has 3 aromatic carbocycles. The molecule has 0 aliphatic heterocycles. The SMILES string of the molecule is Cc1ccc(CCc2cccc(C(=O)c3ccc(C)cc3)c2)cc1. The summed E-state index contributed by atoms with van der Waals surface area (Å²) < 4.78 is 0. The molecule has 0 unspecified atom stereocenters. The summed E-state index contributed by atoms with van der Waals surface area (Å²) in [4.78, 5) is 12.6. The zero-order valence-corrected chi connectivity index (χ0v) is 14.3. The molecule has 1 nitrogen and oxygen atoms in total. The van der Waals surface area contributed by atoms with E-state index in [1.165, 1.54) is 22.3 Å². The van der Waals surface area contributed by atoms with Gasteiger partial charge >= 0.3 is 0 Å². The Labute approximate surface area is 144 Å². The van der Waals surface area contributed by atoms with E-state index >= 15 is 0 Å². The minimum absolute atomic E-state index is 0.0900. The lowest BCUT2D eigenvalue weighted by molar-refractivity contribution is 0.103. The Hall–Kier alpha value is -2.67. The summed E-state index contributed by atoms with van der Waals surface area (Å²) in [6.45, 7) is 4.13. The molecule has 0 saturated carbocycles. The quantitative estimate of drug-likeness (QED) is 0.583. The second-order valence-corrected chi connectivity index (χ2v) is 6.38. The van der Waals surface area contributed by atoms with Crippen LogP contribution in [0.5, 0.6) is 0 Å². The van der Waals surface area contributed by atoms with Crippen LogP contribution >= 0.6 is 0 Å². The number of ketones is 1. The van der Waals surface area contributed by atoms with Gasteiger partial charge < -0.3 is 0 Å². The highest BCUT2D eigenvalue weighted by Gasteiger charge is 2.09. The van der Waals surface area contributed by atoms with Crippen molar-refractivity contribution in [2.75, 3.05) is 0 Å². The van der Waals surface area contributed by atoms with E-state index in [9.17, 15) is 4.79 Å². The van der Waals surface area contributed by atoms with E-state index < -0.39 is 0 Å². The Kier molecular flexibility index (Phi) is 4.90. The lowest BCUT2D eigenvalue weighted by Crippen LogP contribution is -2.02. The Morgan fingerprint density at radius 1 is 0.667 bits per heavy atom. The summed E-state index contributed by atoms with van der Waals surface area (Å²) in [7, 11) is 0. The van der Waals surface area contributed by atoms with Crippen molar-refractivity contribution in [3.8, 4) is 0 Å². The molecule has 0 spiro atoms. The van der Waals surface area contributed by atoms with E-state index in [1.54, 1.807) is 0 Å². The molecular formula is C23H22O. The zero-order valence-electron chi connectivity index (χ0n) is 14.3. The molecule has 0 bridgehead atoms. The van der Waals surface area contributed by atoms with Crippen LogP contribution in [0.1, 0.15) is 38.2 Å². The third kappa shape index (κ3) is 3.99. The monoisotopic (exact) mass is 314 g/mol. The molecule has 3 rings (SSSR count). The van der Waals surface area contributed by atoms with E-state index in [4.69, 9.17) is 0 Å². The second-order valence-electron chi connectivity index (χ2n) is 6.38. The Morgan fingerprint density at radius 2 is 1.25 bits per heavy atom. The van der Waals surface area contributed by atoms with Crippen LogP contribution in [0, 0.1) is 13.8 Å². The molecule has 24 heavy (non-hydrogen) atoms. The van der Waals surface area contributed by atoms with E-state index in [-0.39, 0.29) is 5.78 Å². The van der Waals surface area contributed by atoms with Crippen LogP contribution in [0.4, 0.5) is 0 Å². The van der Waals surface area contributed by atoms with Gasteiger partial charge in [0.25, 0.3) is 0 Å². The van der Waals surface area contributed by atoms with Gasteiger partial charge in [0.15, 0.2) is 5.78 Å². The first kappa shape index (κ1) is 16.2. The summed E-state index contributed by atoms with van der Waals surface area (Å²) in [5.41, 5.74) is 6.49. The van der Waals surface area contributed by atoms with Crippen molar-refractivity contribution in [1.82, 2.24) is 0 Å². The smallest absolute Gasteiger partial charge is 0.193 e. The van der Waals surface area contributed by atoms with Crippen LogP contribution < -0.4 is 0 Å². The van der Waals surface area contributed by atoms with Crippen molar-refractivity contribution in [2.45, 2.75) is 26.7 Å². The number of hydrogen-bond donors (Lipinski definition) is 0. The van der Waals surface area contributed by atoms with Gasteiger partial charge in [0.2, 0.25) is 0 Å².